The van der Waals surface area contributed by atoms with Crippen molar-refractivity contribution in [1.82, 2.24) is 9.78 Å². The van der Waals surface area contributed by atoms with Crippen molar-refractivity contribution >= 4 is 45.7 Å². The summed E-state index contributed by atoms with van der Waals surface area (Å²) in [5.74, 6) is 0.794. The average molecular weight is 420 g/mol. The molecule has 0 fully saturated rings. The molecule has 1 aliphatic rings. The molecule has 1 aromatic carbocycles. The van der Waals surface area contributed by atoms with Gasteiger partial charge >= 0.3 is 0 Å². The molecule has 142 valence electrons. The minimum atomic E-state index is 0.522. The number of anilines is 2. The Hall–Kier alpha value is -1.74. The van der Waals surface area contributed by atoms with Gasteiger partial charge in [-0.3, -0.25) is 0 Å². The first-order chi connectivity index (χ1) is 13.2. The van der Waals surface area contributed by atoms with E-state index >= 15 is 0 Å². The minimum Gasteiger partial charge on any atom is -0.495 e. The van der Waals surface area contributed by atoms with Gasteiger partial charge < -0.3 is 15.0 Å². The number of rotatable bonds is 6. The van der Waals surface area contributed by atoms with Crippen molar-refractivity contribution in [2.24, 2.45) is 0 Å². The largest absolute Gasteiger partial charge is 0.495 e. The third-order valence-electron chi connectivity index (χ3n) is 5.04. The maximum atomic E-state index is 5.59. The predicted octanol–water partition coefficient (Wildman–Crippen LogP) is 4.04. The van der Waals surface area contributed by atoms with Gasteiger partial charge in [0.15, 0.2) is 10.6 Å². The molecule has 0 saturated carbocycles. The molecule has 2 aromatic heterocycles. The fraction of sp³-hybridized carbons (Fsp3) is 0.368. The van der Waals surface area contributed by atoms with Crippen LogP contribution in [0.1, 0.15) is 29.8 Å². The highest BCUT2D eigenvalue weighted by Crippen LogP contribution is 2.29. The number of fused-ring (bicyclic) bond motifs is 1. The van der Waals surface area contributed by atoms with Gasteiger partial charge in [0.2, 0.25) is 5.13 Å². The van der Waals surface area contributed by atoms with E-state index in [1.807, 2.05) is 40.3 Å². The predicted molar refractivity (Wildman–Crippen MR) is 114 cm³/mol. The summed E-state index contributed by atoms with van der Waals surface area (Å²) in [7, 11) is 1.67. The molecule has 0 amide bonds. The van der Waals surface area contributed by atoms with E-state index in [0.717, 1.165) is 46.6 Å². The van der Waals surface area contributed by atoms with E-state index < -0.39 is 0 Å². The van der Waals surface area contributed by atoms with E-state index in [4.69, 9.17) is 22.1 Å². The van der Waals surface area contributed by atoms with Crippen molar-refractivity contribution in [3.05, 3.63) is 50.1 Å². The highest BCUT2D eigenvalue weighted by atomic mass is 32.1. The van der Waals surface area contributed by atoms with Gasteiger partial charge in [-0.1, -0.05) is 30.4 Å². The Morgan fingerprint density at radius 1 is 1.37 bits per heavy atom. The van der Waals surface area contributed by atoms with Gasteiger partial charge in [0.25, 0.3) is 0 Å². The van der Waals surface area contributed by atoms with Gasteiger partial charge in [-0.2, -0.15) is 4.68 Å². The number of benzene rings is 1. The number of para-hydroxylation sites is 2. The normalized spacial score (nSPS) is 18.9. The van der Waals surface area contributed by atoms with E-state index in [1.54, 1.807) is 12.0 Å². The second kappa shape index (κ2) is 8.10. The molecule has 0 aliphatic carbocycles. The van der Waals surface area contributed by atoms with Crippen LogP contribution in [0.5, 0.6) is 5.75 Å². The Kier molecular flexibility index (Phi) is 5.58. The second-order valence-electron chi connectivity index (χ2n) is 6.57. The summed E-state index contributed by atoms with van der Waals surface area (Å²) in [6, 6.07) is 10.7. The number of methoxy groups -OCH3 is 1. The third-order valence-corrected chi connectivity index (χ3v) is 7.26. The summed E-state index contributed by atoms with van der Waals surface area (Å²) in [6.45, 7) is 4.20. The maximum absolute atomic E-state index is 5.59. The van der Waals surface area contributed by atoms with Crippen LogP contribution in [0.3, 0.4) is 0 Å². The zero-order valence-electron chi connectivity index (χ0n) is 15.4. The Bertz CT molecular complexity index is 977. The van der Waals surface area contributed by atoms with Gasteiger partial charge in [0, 0.05) is 23.3 Å². The number of ether oxygens (including phenoxy) is 1. The average Bonchev–Trinajstić information content (AvgIpc) is 3.29. The molecule has 2 N–H and O–H groups in total. The topological polar surface area (TPSA) is 43.5 Å². The lowest BCUT2D eigenvalue weighted by Gasteiger charge is -2.31. The van der Waals surface area contributed by atoms with Crippen LogP contribution in [0.4, 0.5) is 10.8 Å². The number of nitrogens with one attached hydrogen (secondary N) is 2. The molecule has 27 heavy (non-hydrogen) atoms. The summed E-state index contributed by atoms with van der Waals surface area (Å²) in [5.41, 5.74) is 2.41. The van der Waals surface area contributed by atoms with E-state index in [2.05, 4.69) is 23.7 Å². The maximum Gasteiger partial charge on any atom is 0.209 e. The summed E-state index contributed by atoms with van der Waals surface area (Å²) in [6.07, 6.45) is 2.27. The summed E-state index contributed by atoms with van der Waals surface area (Å²) in [5, 5.41) is 11.1. The second-order valence-corrected chi connectivity index (χ2v) is 9.20. The molecule has 8 heteroatoms. The van der Waals surface area contributed by atoms with Gasteiger partial charge in [-0.25, -0.2) is 0 Å². The monoisotopic (exact) mass is 419 g/mol. The molecule has 0 bridgehead atoms. The van der Waals surface area contributed by atoms with Crippen LogP contribution in [0.15, 0.2) is 35.7 Å². The van der Waals surface area contributed by atoms with Crippen LogP contribution in [0.25, 0.3) is 0 Å². The molecular weight excluding hydrogens is 396 g/mol. The van der Waals surface area contributed by atoms with Crippen LogP contribution < -0.4 is 15.0 Å². The third kappa shape index (κ3) is 3.80. The van der Waals surface area contributed by atoms with Crippen molar-refractivity contribution in [3.8, 4) is 5.75 Å². The minimum absolute atomic E-state index is 0.522. The zero-order valence-corrected chi connectivity index (χ0v) is 17.8. The van der Waals surface area contributed by atoms with E-state index in [1.165, 1.54) is 21.8 Å². The molecule has 3 heterocycles. The van der Waals surface area contributed by atoms with Crippen LogP contribution >= 0.6 is 34.9 Å². The molecule has 4 rings (SSSR count). The highest BCUT2D eigenvalue weighted by Gasteiger charge is 2.31. The smallest absolute Gasteiger partial charge is 0.209 e. The van der Waals surface area contributed by atoms with Crippen LogP contribution in [-0.4, -0.2) is 23.4 Å². The fourth-order valence-corrected chi connectivity index (χ4v) is 5.71. The van der Waals surface area contributed by atoms with Gasteiger partial charge in [-0.15, -0.1) is 16.4 Å². The SMILES string of the molecule is CC[C@@H]1c2ccsc2CC[NH+]1Cn1nc(Nc2ccccc2OC)sc1=S. The van der Waals surface area contributed by atoms with Crippen LogP contribution in [0.2, 0.25) is 0 Å². The number of thiophene rings is 1. The first-order valence-electron chi connectivity index (χ1n) is 9.08. The number of hydrogen-bond donors (Lipinski definition) is 2. The van der Waals surface area contributed by atoms with Crippen molar-refractivity contribution < 1.29 is 9.64 Å². The summed E-state index contributed by atoms with van der Waals surface area (Å²) < 4.78 is 8.17. The van der Waals surface area contributed by atoms with Gasteiger partial charge in [0.1, 0.15) is 11.8 Å². The van der Waals surface area contributed by atoms with Crippen molar-refractivity contribution in [3.63, 3.8) is 0 Å². The van der Waals surface area contributed by atoms with Gasteiger partial charge in [0.05, 0.1) is 19.3 Å². The number of quaternary nitrogens is 1. The Balaban J connectivity index is 1.53. The van der Waals surface area contributed by atoms with Crippen molar-refractivity contribution in [1.29, 1.82) is 0 Å². The lowest BCUT2D eigenvalue weighted by atomic mass is 9.98. The van der Waals surface area contributed by atoms with E-state index in [-0.39, 0.29) is 0 Å². The number of hydrogen-bond acceptors (Lipinski definition) is 6. The number of nitrogens with zero attached hydrogens (tertiary/aromatic N) is 2. The molecule has 1 unspecified atom stereocenters. The molecule has 0 radical (unpaired) electrons. The first-order valence-corrected chi connectivity index (χ1v) is 11.2. The molecule has 5 nitrogen and oxygen atoms in total. The Morgan fingerprint density at radius 3 is 3.04 bits per heavy atom. The van der Waals surface area contributed by atoms with Crippen LogP contribution in [-0.2, 0) is 13.1 Å². The van der Waals surface area contributed by atoms with Crippen molar-refractivity contribution in [2.75, 3.05) is 19.0 Å². The molecular formula is C19H23N4OS3+. The van der Waals surface area contributed by atoms with E-state index in [0.29, 0.717) is 6.04 Å². The lowest BCUT2D eigenvalue weighted by molar-refractivity contribution is -0.956. The van der Waals surface area contributed by atoms with E-state index in [9.17, 15) is 0 Å². The lowest BCUT2D eigenvalue weighted by Crippen LogP contribution is -3.12. The molecule has 0 spiro atoms. The molecule has 3 aromatic rings. The van der Waals surface area contributed by atoms with Gasteiger partial charge in [-0.05, 0) is 35.8 Å². The summed E-state index contributed by atoms with van der Waals surface area (Å²) >= 11 is 8.98. The molecule has 1 aliphatic heterocycles. The standard InChI is InChI=1S/C19H22N4OS3/c1-3-15-13-9-11-26-17(13)8-10-22(15)12-23-19(25)27-18(21-23)20-14-6-4-5-7-16(14)24-2/h4-7,9,11,15H,3,8,10,12H2,1-2H3,(H,20,21)/p+1/t15-/m1/s1. The quantitative estimate of drug-likeness (QED) is 0.592. The fourth-order valence-electron chi connectivity index (χ4n) is 3.74. The Labute approximate surface area is 172 Å². The molecule has 2 atom stereocenters. The van der Waals surface area contributed by atoms with Crippen molar-refractivity contribution in [2.45, 2.75) is 32.5 Å². The molecule has 0 saturated heterocycles. The first kappa shape index (κ1) is 18.6. The Morgan fingerprint density at radius 2 is 2.22 bits per heavy atom. The van der Waals surface area contributed by atoms with Crippen LogP contribution in [0, 0.1) is 3.95 Å². The zero-order chi connectivity index (χ0) is 18.8. The highest BCUT2D eigenvalue weighted by molar-refractivity contribution is 7.73. The number of aromatic nitrogens is 2. The summed E-state index contributed by atoms with van der Waals surface area (Å²) in [4.78, 5) is 3.08.